The van der Waals surface area contributed by atoms with Crippen molar-refractivity contribution in [2.45, 2.75) is 38.5 Å². The lowest BCUT2D eigenvalue weighted by molar-refractivity contribution is -0.115. The quantitative estimate of drug-likeness (QED) is 0.582. The molecule has 7 heteroatoms. The van der Waals surface area contributed by atoms with Crippen molar-refractivity contribution in [1.82, 2.24) is 9.97 Å². The normalized spacial score (nSPS) is 14.0. The summed E-state index contributed by atoms with van der Waals surface area (Å²) in [6.45, 7) is 0. The highest BCUT2D eigenvalue weighted by atomic mass is 19.2. The van der Waals surface area contributed by atoms with Gasteiger partial charge in [-0.05, 0) is 54.3 Å². The summed E-state index contributed by atoms with van der Waals surface area (Å²) in [5, 5.41) is 12.3. The zero-order valence-corrected chi connectivity index (χ0v) is 16.9. The highest BCUT2D eigenvalue weighted by Gasteiger charge is 2.20. The van der Waals surface area contributed by atoms with Gasteiger partial charge in [0.05, 0.1) is 24.0 Å². The van der Waals surface area contributed by atoms with Gasteiger partial charge in [-0.25, -0.2) is 18.7 Å². The standard InChI is InChI=1S/C24H23F2N3O2/c25-19-10-5-16(11-20(19)26)13-23(31)29-24-21(12-15-3-1-2-4-15)28-22(14-27-24)17-6-8-18(30)9-7-17/h5-11,14-15,30H,1-4,12-13H2,(H,27,29,31). The second-order valence-corrected chi connectivity index (χ2v) is 7.93. The summed E-state index contributed by atoms with van der Waals surface area (Å²) in [5.74, 6) is -1.24. The maximum absolute atomic E-state index is 13.4. The summed E-state index contributed by atoms with van der Waals surface area (Å²) < 4.78 is 26.6. The van der Waals surface area contributed by atoms with Crippen molar-refractivity contribution in [3.05, 3.63) is 71.6 Å². The van der Waals surface area contributed by atoms with Gasteiger partial charge >= 0.3 is 0 Å². The fourth-order valence-corrected chi connectivity index (χ4v) is 3.94. The van der Waals surface area contributed by atoms with Crippen molar-refractivity contribution in [3.8, 4) is 17.0 Å². The number of benzene rings is 2. The molecule has 0 radical (unpaired) electrons. The lowest BCUT2D eigenvalue weighted by Crippen LogP contribution is -2.18. The van der Waals surface area contributed by atoms with Gasteiger partial charge in [0.2, 0.25) is 5.91 Å². The smallest absolute Gasteiger partial charge is 0.229 e. The number of amides is 1. The Morgan fingerprint density at radius 2 is 1.81 bits per heavy atom. The Morgan fingerprint density at radius 3 is 2.52 bits per heavy atom. The van der Waals surface area contributed by atoms with Gasteiger partial charge in [0.1, 0.15) is 5.75 Å². The van der Waals surface area contributed by atoms with Crippen molar-refractivity contribution in [3.63, 3.8) is 0 Å². The maximum Gasteiger partial charge on any atom is 0.229 e. The van der Waals surface area contributed by atoms with Gasteiger partial charge in [-0.1, -0.05) is 31.7 Å². The molecule has 0 aliphatic heterocycles. The van der Waals surface area contributed by atoms with Crippen molar-refractivity contribution in [2.75, 3.05) is 5.32 Å². The monoisotopic (exact) mass is 423 g/mol. The van der Waals surface area contributed by atoms with Gasteiger partial charge in [-0.2, -0.15) is 0 Å². The number of hydrogen-bond acceptors (Lipinski definition) is 4. The summed E-state index contributed by atoms with van der Waals surface area (Å²) in [4.78, 5) is 21.7. The van der Waals surface area contributed by atoms with Crippen LogP contribution in [0.1, 0.15) is 36.9 Å². The van der Waals surface area contributed by atoms with Crippen LogP contribution in [-0.4, -0.2) is 21.0 Å². The number of anilines is 1. The Balaban J connectivity index is 1.56. The van der Waals surface area contributed by atoms with Crippen LogP contribution in [0.15, 0.2) is 48.7 Å². The predicted octanol–water partition coefficient (Wildman–Crippen LogP) is 5.04. The van der Waals surface area contributed by atoms with Crippen LogP contribution < -0.4 is 5.32 Å². The van der Waals surface area contributed by atoms with Crippen molar-refractivity contribution >= 4 is 11.7 Å². The highest BCUT2D eigenvalue weighted by molar-refractivity contribution is 5.92. The van der Waals surface area contributed by atoms with E-state index in [9.17, 15) is 18.7 Å². The molecule has 0 atom stereocenters. The summed E-state index contributed by atoms with van der Waals surface area (Å²) >= 11 is 0. The molecule has 1 amide bonds. The molecule has 160 valence electrons. The van der Waals surface area contributed by atoms with Gasteiger partial charge in [-0.3, -0.25) is 4.79 Å². The number of rotatable bonds is 6. The molecule has 5 nitrogen and oxygen atoms in total. The highest BCUT2D eigenvalue weighted by Crippen LogP contribution is 2.30. The van der Waals surface area contributed by atoms with Crippen LogP contribution in [0.2, 0.25) is 0 Å². The summed E-state index contributed by atoms with van der Waals surface area (Å²) in [7, 11) is 0. The van der Waals surface area contributed by atoms with E-state index in [0.29, 0.717) is 35.1 Å². The van der Waals surface area contributed by atoms with E-state index in [0.717, 1.165) is 30.5 Å². The zero-order chi connectivity index (χ0) is 21.8. The number of halogens is 2. The first kappa shape index (κ1) is 20.9. The van der Waals surface area contributed by atoms with E-state index in [1.54, 1.807) is 30.5 Å². The SMILES string of the molecule is O=C(Cc1ccc(F)c(F)c1)Nc1ncc(-c2ccc(O)cc2)nc1CC1CCCC1. The Labute approximate surface area is 179 Å². The Kier molecular flexibility index (Phi) is 6.21. The topological polar surface area (TPSA) is 75.1 Å². The van der Waals surface area contributed by atoms with Crippen molar-refractivity contribution in [2.24, 2.45) is 5.92 Å². The molecule has 0 spiro atoms. The minimum atomic E-state index is -0.981. The number of carbonyl (C=O) groups is 1. The van der Waals surface area contributed by atoms with Gasteiger partial charge in [0.25, 0.3) is 0 Å². The fraction of sp³-hybridized carbons (Fsp3) is 0.292. The van der Waals surface area contributed by atoms with Crippen LogP contribution in [0.3, 0.4) is 0 Å². The molecule has 2 aromatic carbocycles. The largest absolute Gasteiger partial charge is 0.508 e. The molecule has 1 aliphatic rings. The molecule has 1 saturated carbocycles. The molecule has 0 unspecified atom stereocenters. The number of phenols is 1. The number of aromatic nitrogens is 2. The van der Waals surface area contributed by atoms with E-state index < -0.39 is 11.6 Å². The number of phenolic OH excluding ortho intramolecular Hbond substituents is 1. The first-order chi connectivity index (χ1) is 15.0. The molecule has 3 aromatic rings. The van der Waals surface area contributed by atoms with E-state index in [-0.39, 0.29) is 18.1 Å². The van der Waals surface area contributed by atoms with Crippen molar-refractivity contribution < 1.29 is 18.7 Å². The third-order valence-corrected chi connectivity index (χ3v) is 5.57. The predicted molar refractivity (Wildman–Crippen MR) is 113 cm³/mol. The first-order valence-electron chi connectivity index (χ1n) is 10.4. The second-order valence-electron chi connectivity index (χ2n) is 7.93. The van der Waals surface area contributed by atoms with E-state index in [1.165, 1.54) is 18.9 Å². The molecule has 31 heavy (non-hydrogen) atoms. The third-order valence-electron chi connectivity index (χ3n) is 5.57. The Bertz CT molecular complexity index is 1080. The Morgan fingerprint density at radius 1 is 1.06 bits per heavy atom. The minimum Gasteiger partial charge on any atom is -0.508 e. The lowest BCUT2D eigenvalue weighted by Gasteiger charge is -2.14. The number of hydrogen-bond donors (Lipinski definition) is 2. The maximum atomic E-state index is 13.4. The van der Waals surface area contributed by atoms with Gasteiger partial charge in [0, 0.05) is 5.56 Å². The first-order valence-corrected chi connectivity index (χ1v) is 10.4. The summed E-state index contributed by atoms with van der Waals surface area (Å²) in [6.07, 6.45) is 6.81. The molecular formula is C24H23F2N3O2. The fourth-order valence-electron chi connectivity index (χ4n) is 3.94. The van der Waals surface area contributed by atoms with Crippen molar-refractivity contribution in [1.29, 1.82) is 0 Å². The zero-order valence-electron chi connectivity index (χ0n) is 16.9. The Hall–Kier alpha value is -3.35. The number of carbonyl (C=O) groups excluding carboxylic acids is 1. The molecule has 0 bridgehead atoms. The minimum absolute atomic E-state index is 0.0958. The number of aromatic hydroxyl groups is 1. The third kappa shape index (κ3) is 5.23. The molecule has 1 aromatic heterocycles. The lowest BCUT2D eigenvalue weighted by atomic mass is 10.0. The van der Waals surface area contributed by atoms with Crippen LogP contribution in [0, 0.1) is 17.6 Å². The van der Waals surface area contributed by atoms with Crippen LogP contribution in [0.5, 0.6) is 5.75 Å². The molecule has 2 N–H and O–H groups in total. The van der Waals surface area contributed by atoms with Gasteiger partial charge < -0.3 is 10.4 Å². The van der Waals surface area contributed by atoms with E-state index >= 15 is 0 Å². The van der Waals surface area contributed by atoms with E-state index in [4.69, 9.17) is 4.98 Å². The average molecular weight is 423 g/mol. The molecule has 0 saturated heterocycles. The molecule has 4 rings (SSSR count). The average Bonchev–Trinajstić information content (AvgIpc) is 3.26. The summed E-state index contributed by atoms with van der Waals surface area (Å²) in [5.41, 5.74) is 2.56. The van der Waals surface area contributed by atoms with E-state index in [1.807, 2.05) is 0 Å². The molecule has 1 aliphatic carbocycles. The molecule has 1 heterocycles. The number of nitrogens with zero attached hydrogens (tertiary/aromatic N) is 2. The van der Waals surface area contributed by atoms with Crippen LogP contribution >= 0.6 is 0 Å². The van der Waals surface area contributed by atoms with Gasteiger partial charge in [-0.15, -0.1) is 0 Å². The number of nitrogens with one attached hydrogen (secondary N) is 1. The summed E-state index contributed by atoms with van der Waals surface area (Å²) in [6, 6.07) is 10.1. The molecule has 1 fully saturated rings. The van der Waals surface area contributed by atoms with Crippen LogP contribution in [0.25, 0.3) is 11.3 Å². The molecular weight excluding hydrogens is 400 g/mol. The van der Waals surface area contributed by atoms with Crippen LogP contribution in [0.4, 0.5) is 14.6 Å². The van der Waals surface area contributed by atoms with Gasteiger partial charge in [0.15, 0.2) is 17.5 Å². The second kappa shape index (κ2) is 9.20. The van der Waals surface area contributed by atoms with E-state index in [2.05, 4.69) is 10.3 Å². The van der Waals surface area contributed by atoms with Crippen LogP contribution in [-0.2, 0) is 17.6 Å².